The summed E-state index contributed by atoms with van der Waals surface area (Å²) in [5.74, 6) is 0.898. The molecule has 0 aliphatic heterocycles. The molecule has 0 spiro atoms. The lowest BCUT2D eigenvalue weighted by Crippen LogP contribution is -2.05. The maximum atomic E-state index is 5.80. The number of nitrogens with two attached hydrogens (primary N) is 1. The maximum Gasteiger partial charge on any atom is 0.122 e. The normalized spacial score (nSPS) is 12.2. The zero-order valence-corrected chi connectivity index (χ0v) is 8.79. The first-order valence-electron chi connectivity index (χ1n) is 4.72. The van der Waals surface area contributed by atoms with Crippen molar-refractivity contribution in [3.05, 3.63) is 42.0 Å². The number of hydrogen-bond acceptors (Lipinski definition) is 2. The van der Waals surface area contributed by atoms with E-state index in [1.165, 1.54) is 0 Å². The summed E-state index contributed by atoms with van der Waals surface area (Å²) in [4.78, 5) is 0. The van der Waals surface area contributed by atoms with Crippen molar-refractivity contribution in [2.75, 3.05) is 7.11 Å². The molecule has 0 amide bonds. The summed E-state index contributed by atoms with van der Waals surface area (Å²) < 4.78 is 5.24. The molecule has 0 aliphatic carbocycles. The van der Waals surface area contributed by atoms with E-state index in [-0.39, 0.29) is 6.04 Å². The van der Waals surface area contributed by atoms with Crippen molar-refractivity contribution < 1.29 is 4.74 Å². The number of allylic oxidation sites excluding steroid dienone is 1. The van der Waals surface area contributed by atoms with Crippen LogP contribution in [-0.2, 0) is 6.42 Å². The molecule has 1 aromatic carbocycles. The Balaban J connectivity index is 3.06. The second kappa shape index (κ2) is 4.82. The zero-order chi connectivity index (χ0) is 10.6. The van der Waals surface area contributed by atoms with Crippen LogP contribution in [0.25, 0.3) is 0 Å². The minimum Gasteiger partial charge on any atom is -0.496 e. The van der Waals surface area contributed by atoms with Crippen LogP contribution in [0.15, 0.2) is 30.9 Å². The lowest BCUT2D eigenvalue weighted by atomic mass is 10.0. The summed E-state index contributed by atoms with van der Waals surface area (Å²) >= 11 is 0. The van der Waals surface area contributed by atoms with E-state index in [2.05, 4.69) is 12.6 Å². The van der Waals surface area contributed by atoms with Crippen LogP contribution in [0.5, 0.6) is 5.75 Å². The second-order valence-corrected chi connectivity index (χ2v) is 3.35. The molecule has 0 bridgehead atoms. The van der Waals surface area contributed by atoms with E-state index < -0.39 is 0 Å². The van der Waals surface area contributed by atoms with E-state index in [1.54, 1.807) is 7.11 Å². The van der Waals surface area contributed by atoms with Crippen molar-refractivity contribution in [3.8, 4) is 5.75 Å². The van der Waals surface area contributed by atoms with E-state index in [1.807, 2.05) is 25.1 Å². The van der Waals surface area contributed by atoms with Gasteiger partial charge in [0.1, 0.15) is 5.75 Å². The van der Waals surface area contributed by atoms with Gasteiger partial charge in [-0.05, 0) is 30.5 Å². The third kappa shape index (κ3) is 2.36. The quantitative estimate of drug-likeness (QED) is 0.742. The summed E-state index contributed by atoms with van der Waals surface area (Å²) in [6.07, 6.45) is 2.67. The Labute approximate surface area is 85.4 Å². The molecule has 1 atom stereocenters. The molecular formula is C12H17NO. The van der Waals surface area contributed by atoms with E-state index in [9.17, 15) is 0 Å². The summed E-state index contributed by atoms with van der Waals surface area (Å²) in [5.41, 5.74) is 8.07. The van der Waals surface area contributed by atoms with Crippen LogP contribution < -0.4 is 10.5 Å². The predicted molar refractivity (Wildman–Crippen MR) is 59.5 cm³/mol. The molecule has 0 radical (unpaired) electrons. The highest BCUT2D eigenvalue weighted by molar-refractivity contribution is 5.39. The van der Waals surface area contributed by atoms with Gasteiger partial charge in [0, 0.05) is 6.04 Å². The molecule has 2 nitrogen and oxygen atoms in total. The van der Waals surface area contributed by atoms with Crippen LogP contribution in [0, 0.1) is 0 Å². The minimum absolute atomic E-state index is 0.0597. The Morgan fingerprint density at radius 3 is 2.79 bits per heavy atom. The molecule has 2 heteroatoms. The predicted octanol–water partition coefficient (Wildman–Crippen LogP) is 2.44. The van der Waals surface area contributed by atoms with Gasteiger partial charge in [-0.2, -0.15) is 0 Å². The Kier molecular flexibility index (Phi) is 3.72. The first-order valence-corrected chi connectivity index (χ1v) is 4.72. The number of ether oxygens (including phenoxy) is 1. The third-order valence-electron chi connectivity index (χ3n) is 2.19. The van der Waals surface area contributed by atoms with Gasteiger partial charge in [0.2, 0.25) is 0 Å². The summed E-state index contributed by atoms with van der Waals surface area (Å²) in [7, 11) is 1.67. The van der Waals surface area contributed by atoms with Gasteiger partial charge < -0.3 is 10.5 Å². The van der Waals surface area contributed by atoms with Crippen molar-refractivity contribution in [1.82, 2.24) is 0 Å². The fourth-order valence-corrected chi connectivity index (χ4v) is 1.40. The van der Waals surface area contributed by atoms with Gasteiger partial charge in [0.25, 0.3) is 0 Å². The molecule has 0 saturated carbocycles. The van der Waals surface area contributed by atoms with Crippen LogP contribution in [0.3, 0.4) is 0 Å². The van der Waals surface area contributed by atoms with Crippen molar-refractivity contribution in [3.63, 3.8) is 0 Å². The van der Waals surface area contributed by atoms with Gasteiger partial charge in [-0.15, -0.1) is 6.58 Å². The molecule has 1 aromatic rings. The minimum atomic E-state index is 0.0597. The number of methoxy groups -OCH3 is 1. The number of benzene rings is 1. The van der Waals surface area contributed by atoms with E-state index in [4.69, 9.17) is 10.5 Å². The molecule has 0 aliphatic rings. The van der Waals surface area contributed by atoms with Crippen molar-refractivity contribution in [1.29, 1.82) is 0 Å². The monoisotopic (exact) mass is 191 g/mol. The smallest absolute Gasteiger partial charge is 0.122 e. The van der Waals surface area contributed by atoms with Crippen LogP contribution in [0.4, 0.5) is 0 Å². The lowest BCUT2D eigenvalue weighted by molar-refractivity contribution is 0.410. The highest BCUT2D eigenvalue weighted by Gasteiger charge is 2.05. The second-order valence-electron chi connectivity index (χ2n) is 3.35. The summed E-state index contributed by atoms with van der Waals surface area (Å²) in [5, 5.41) is 0. The molecule has 1 unspecified atom stereocenters. The lowest BCUT2D eigenvalue weighted by Gasteiger charge is -2.11. The summed E-state index contributed by atoms with van der Waals surface area (Å²) in [6, 6.07) is 6.09. The topological polar surface area (TPSA) is 35.2 Å². The van der Waals surface area contributed by atoms with Crippen molar-refractivity contribution >= 4 is 0 Å². The van der Waals surface area contributed by atoms with Crippen LogP contribution in [0.1, 0.15) is 24.1 Å². The number of hydrogen-bond donors (Lipinski definition) is 1. The maximum absolute atomic E-state index is 5.80. The standard InChI is InChI=1S/C12H17NO/c1-4-5-11-8-10(9(2)13)6-7-12(11)14-3/h4,6-9H,1,5,13H2,2-3H3. The van der Waals surface area contributed by atoms with Gasteiger partial charge in [-0.3, -0.25) is 0 Å². The molecule has 0 fully saturated rings. The Hall–Kier alpha value is -1.28. The van der Waals surface area contributed by atoms with Gasteiger partial charge >= 0.3 is 0 Å². The third-order valence-corrected chi connectivity index (χ3v) is 2.19. The average molecular weight is 191 g/mol. The molecule has 76 valence electrons. The zero-order valence-electron chi connectivity index (χ0n) is 8.79. The first kappa shape index (κ1) is 10.8. The summed E-state index contributed by atoms with van der Waals surface area (Å²) in [6.45, 7) is 5.69. The first-order chi connectivity index (χ1) is 6.69. The molecule has 1 rings (SSSR count). The molecule has 0 saturated heterocycles. The molecule has 0 aromatic heterocycles. The Morgan fingerprint density at radius 2 is 2.29 bits per heavy atom. The molecule has 2 N–H and O–H groups in total. The highest BCUT2D eigenvalue weighted by atomic mass is 16.5. The molecular weight excluding hydrogens is 174 g/mol. The van der Waals surface area contributed by atoms with E-state index in [0.717, 1.165) is 23.3 Å². The van der Waals surface area contributed by atoms with Gasteiger partial charge in [-0.25, -0.2) is 0 Å². The average Bonchev–Trinajstić information content (AvgIpc) is 2.18. The van der Waals surface area contributed by atoms with Crippen LogP contribution in [-0.4, -0.2) is 7.11 Å². The fraction of sp³-hybridized carbons (Fsp3) is 0.333. The van der Waals surface area contributed by atoms with Crippen LogP contribution in [0.2, 0.25) is 0 Å². The van der Waals surface area contributed by atoms with Gasteiger partial charge in [-0.1, -0.05) is 18.2 Å². The van der Waals surface area contributed by atoms with E-state index >= 15 is 0 Å². The SMILES string of the molecule is C=CCc1cc(C(C)N)ccc1OC. The fourth-order valence-electron chi connectivity index (χ4n) is 1.40. The van der Waals surface area contributed by atoms with Gasteiger partial charge in [0.15, 0.2) is 0 Å². The Bertz CT molecular complexity index is 318. The Morgan fingerprint density at radius 1 is 1.57 bits per heavy atom. The van der Waals surface area contributed by atoms with Crippen molar-refractivity contribution in [2.45, 2.75) is 19.4 Å². The number of rotatable bonds is 4. The van der Waals surface area contributed by atoms with Crippen molar-refractivity contribution in [2.24, 2.45) is 5.73 Å². The molecule has 0 heterocycles. The van der Waals surface area contributed by atoms with Crippen LogP contribution >= 0.6 is 0 Å². The molecule has 14 heavy (non-hydrogen) atoms. The van der Waals surface area contributed by atoms with Gasteiger partial charge in [0.05, 0.1) is 7.11 Å². The van der Waals surface area contributed by atoms with E-state index in [0.29, 0.717) is 0 Å². The highest BCUT2D eigenvalue weighted by Crippen LogP contribution is 2.23. The largest absolute Gasteiger partial charge is 0.496 e.